The molecule has 0 radical (unpaired) electrons. The highest BCUT2D eigenvalue weighted by Crippen LogP contribution is 2.15. The first-order valence-electron chi connectivity index (χ1n) is 5.54. The zero-order valence-electron chi connectivity index (χ0n) is 9.33. The van der Waals surface area contributed by atoms with Crippen LogP contribution in [0.4, 0.5) is 14.5 Å². The molecule has 16 heavy (non-hydrogen) atoms. The third-order valence-corrected chi connectivity index (χ3v) is 2.39. The van der Waals surface area contributed by atoms with Gasteiger partial charge in [-0.3, -0.25) is 4.39 Å². The Kier molecular flexibility index (Phi) is 5.78. The van der Waals surface area contributed by atoms with Crippen LogP contribution in [0.3, 0.4) is 0 Å². The number of hydrogen-bond acceptors (Lipinski definition) is 2. The second-order valence-electron chi connectivity index (χ2n) is 3.65. The van der Waals surface area contributed by atoms with Gasteiger partial charge in [0.15, 0.2) is 0 Å². The Morgan fingerprint density at radius 1 is 1.06 bits per heavy atom. The van der Waals surface area contributed by atoms with Crippen molar-refractivity contribution in [2.75, 3.05) is 31.2 Å². The van der Waals surface area contributed by atoms with Crippen molar-refractivity contribution in [3.63, 3.8) is 0 Å². The summed E-state index contributed by atoms with van der Waals surface area (Å²) in [6, 6.07) is 6.26. The minimum atomic E-state index is -0.333. The third-order valence-electron chi connectivity index (χ3n) is 2.39. The van der Waals surface area contributed by atoms with E-state index in [1.54, 1.807) is 12.1 Å². The molecule has 0 spiro atoms. The van der Waals surface area contributed by atoms with Crippen LogP contribution in [0.5, 0.6) is 0 Å². The topological polar surface area (TPSA) is 29.3 Å². The zero-order valence-corrected chi connectivity index (χ0v) is 9.33. The Labute approximate surface area is 95.1 Å². The predicted octanol–water partition coefficient (Wildman–Crippen LogP) is 2.34. The van der Waals surface area contributed by atoms with Crippen molar-refractivity contribution in [2.45, 2.75) is 12.8 Å². The molecule has 0 aromatic heterocycles. The summed E-state index contributed by atoms with van der Waals surface area (Å²) in [6.07, 6.45) is 1.34. The molecule has 0 heterocycles. The molecule has 0 bridgehead atoms. The van der Waals surface area contributed by atoms with Crippen LogP contribution in [-0.2, 0) is 0 Å². The molecule has 0 aliphatic heterocycles. The van der Waals surface area contributed by atoms with Gasteiger partial charge >= 0.3 is 0 Å². The van der Waals surface area contributed by atoms with Crippen LogP contribution >= 0.6 is 0 Å². The van der Waals surface area contributed by atoms with Gasteiger partial charge in [0.25, 0.3) is 0 Å². The molecule has 0 aliphatic carbocycles. The summed E-state index contributed by atoms with van der Waals surface area (Å²) >= 11 is 0. The average molecular weight is 228 g/mol. The minimum absolute atomic E-state index is 0.256. The van der Waals surface area contributed by atoms with Crippen molar-refractivity contribution in [3.05, 3.63) is 30.1 Å². The smallest absolute Gasteiger partial charge is 0.123 e. The molecular formula is C12H18F2N2. The summed E-state index contributed by atoms with van der Waals surface area (Å²) in [6.45, 7) is 1.69. The number of alkyl halides is 1. The van der Waals surface area contributed by atoms with Crippen LogP contribution in [0.1, 0.15) is 12.8 Å². The second-order valence-corrected chi connectivity index (χ2v) is 3.65. The fraction of sp³-hybridized carbons (Fsp3) is 0.500. The third kappa shape index (κ3) is 4.14. The molecular weight excluding hydrogens is 210 g/mol. The monoisotopic (exact) mass is 228 g/mol. The van der Waals surface area contributed by atoms with Crippen molar-refractivity contribution in [1.29, 1.82) is 0 Å². The fourth-order valence-electron chi connectivity index (χ4n) is 1.55. The highest BCUT2D eigenvalue weighted by molar-refractivity contribution is 5.46. The number of nitrogens with zero attached hydrogens (tertiary/aromatic N) is 1. The number of anilines is 1. The summed E-state index contributed by atoms with van der Waals surface area (Å²) in [5.74, 6) is -0.256. The number of hydrogen-bond donors (Lipinski definition) is 1. The summed E-state index contributed by atoms with van der Waals surface area (Å²) in [7, 11) is 0. The molecule has 0 saturated heterocycles. The first-order chi connectivity index (χ1) is 7.77. The van der Waals surface area contributed by atoms with Crippen LogP contribution in [-0.4, -0.2) is 26.3 Å². The van der Waals surface area contributed by atoms with Crippen LogP contribution in [0.2, 0.25) is 0 Å². The standard InChI is InChI=1S/C12H18F2N2/c13-7-1-9-16(10-2-8-15)12-5-3-11(14)4-6-12/h3-6H,1-2,7-10,15H2. The largest absolute Gasteiger partial charge is 0.371 e. The van der Waals surface area contributed by atoms with Gasteiger partial charge in [0.2, 0.25) is 0 Å². The van der Waals surface area contributed by atoms with Gasteiger partial charge in [-0.2, -0.15) is 0 Å². The van der Waals surface area contributed by atoms with Gasteiger partial charge < -0.3 is 10.6 Å². The van der Waals surface area contributed by atoms with E-state index in [2.05, 4.69) is 0 Å². The molecule has 1 aromatic carbocycles. The van der Waals surface area contributed by atoms with E-state index in [4.69, 9.17) is 5.73 Å². The molecule has 0 unspecified atom stereocenters. The van der Waals surface area contributed by atoms with Crippen molar-refractivity contribution < 1.29 is 8.78 Å². The van der Waals surface area contributed by atoms with Crippen molar-refractivity contribution in [2.24, 2.45) is 5.73 Å². The maximum atomic E-state index is 12.8. The van der Waals surface area contributed by atoms with E-state index in [1.807, 2.05) is 4.90 Å². The van der Waals surface area contributed by atoms with E-state index in [-0.39, 0.29) is 12.5 Å². The van der Waals surface area contributed by atoms with Gasteiger partial charge in [-0.1, -0.05) is 0 Å². The van der Waals surface area contributed by atoms with Crippen molar-refractivity contribution in [3.8, 4) is 0 Å². The molecule has 0 fully saturated rings. The Morgan fingerprint density at radius 3 is 2.25 bits per heavy atom. The highest BCUT2D eigenvalue weighted by atomic mass is 19.1. The molecule has 0 aliphatic rings. The number of halogens is 2. The first kappa shape index (κ1) is 12.9. The van der Waals surface area contributed by atoms with Gasteiger partial charge in [0, 0.05) is 18.8 Å². The fourth-order valence-corrected chi connectivity index (χ4v) is 1.55. The Hall–Kier alpha value is -1.16. The van der Waals surface area contributed by atoms with Gasteiger partial charge in [0.1, 0.15) is 5.82 Å². The molecule has 2 N–H and O–H groups in total. The van der Waals surface area contributed by atoms with Gasteiger partial charge in [-0.25, -0.2) is 4.39 Å². The SMILES string of the molecule is NCCCN(CCCF)c1ccc(F)cc1. The van der Waals surface area contributed by atoms with Gasteiger partial charge in [-0.15, -0.1) is 0 Å². The molecule has 90 valence electrons. The van der Waals surface area contributed by atoms with E-state index in [1.165, 1.54) is 12.1 Å². The Bertz CT molecular complexity index is 280. The van der Waals surface area contributed by atoms with E-state index in [0.29, 0.717) is 19.5 Å². The minimum Gasteiger partial charge on any atom is -0.371 e. The lowest BCUT2D eigenvalue weighted by molar-refractivity contribution is 0.470. The second kappa shape index (κ2) is 7.17. The number of rotatable bonds is 7. The summed E-state index contributed by atoms with van der Waals surface area (Å²) in [5, 5.41) is 0. The maximum Gasteiger partial charge on any atom is 0.123 e. The summed E-state index contributed by atoms with van der Waals surface area (Å²) < 4.78 is 24.9. The summed E-state index contributed by atoms with van der Waals surface area (Å²) in [5.41, 5.74) is 6.37. The lowest BCUT2D eigenvalue weighted by atomic mass is 10.2. The maximum absolute atomic E-state index is 12.8. The Morgan fingerprint density at radius 2 is 1.69 bits per heavy atom. The van der Waals surface area contributed by atoms with Crippen LogP contribution in [0.25, 0.3) is 0 Å². The summed E-state index contributed by atoms with van der Waals surface area (Å²) in [4.78, 5) is 2.03. The lowest BCUT2D eigenvalue weighted by Gasteiger charge is -2.24. The molecule has 0 amide bonds. The highest BCUT2D eigenvalue weighted by Gasteiger charge is 2.05. The normalized spacial score (nSPS) is 10.4. The molecule has 0 atom stereocenters. The lowest BCUT2D eigenvalue weighted by Crippen LogP contribution is -2.27. The molecule has 0 saturated carbocycles. The van der Waals surface area contributed by atoms with E-state index in [9.17, 15) is 8.78 Å². The average Bonchev–Trinajstić information content (AvgIpc) is 2.31. The first-order valence-corrected chi connectivity index (χ1v) is 5.54. The van der Waals surface area contributed by atoms with Gasteiger partial charge in [0.05, 0.1) is 6.67 Å². The van der Waals surface area contributed by atoms with Crippen LogP contribution < -0.4 is 10.6 Å². The zero-order chi connectivity index (χ0) is 11.8. The Balaban J connectivity index is 2.62. The van der Waals surface area contributed by atoms with Crippen molar-refractivity contribution in [1.82, 2.24) is 0 Å². The number of benzene rings is 1. The van der Waals surface area contributed by atoms with E-state index >= 15 is 0 Å². The van der Waals surface area contributed by atoms with Crippen LogP contribution in [0, 0.1) is 5.82 Å². The molecule has 1 rings (SSSR count). The van der Waals surface area contributed by atoms with E-state index < -0.39 is 0 Å². The van der Waals surface area contributed by atoms with Crippen LogP contribution in [0.15, 0.2) is 24.3 Å². The molecule has 2 nitrogen and oxygen atoms in total. The predicted molar refractivity (Wildman–Crippen MR) is 62.9 cm³/mol. The van der Waals surface area contributed by atoms with E-state index in [0.717, 1.165) is 18.7 Å². The quantitative estimate of drug-likeness (QED) is 0.776. The molecule has 1 aromatic rings. The van der Waals surface area contributed by atoms with Crippen molar-refractivity contribution >= 4 is 5.69 Å². The molecule has 4 heteroatoms. The number of nitrogens with two attached hydrogens (primary N) is 1. The van der Waals surface area contributed by atoms with Gasteiger partial charge in [-0.05, 0) is 43.7 Å².